The summed E-state index contributed by atoms with van der Waals surface area (Å²) in [6, 6.07) is 14.0. The predicted octanol–water partition coefficient (Wildman–Crippen LogP) is 3.26. The van der Waals surface area contributed by atoms with Crippen molar-refractivity contribution in [1.82, 2.24) is 4.72 Å². The molecule has 0 saturated heterocycles. The first-order valence-corrected chi connectivity index (χ1v) is 9.39. The van der Waals surface area contributed by atoms with E-state index in [1.165, 1.54) is 0 Å². The van der Waals surface area contributed by atoms with E-state index in [4.69, 9.17) is 16.9 Å². The van der Waals surface area contributed by atoms with Crippen molar-refractivity contribution in [1.29, 1.82) is 5.26 Å². The maximum Gasteiger partial charge on any atom is 0.240 e. The third kappa shape index (κ3) is 3.88. The molecule has 1 aliphatic carbocycles. The van der Waals surface area contributed by atoms with Crippen LogP contribution in [-0.4, -0.2) is 14.5 Å². The number of anilines is 1. The molecule has 0 aliphatic heterocycles. The number of benzene rings is 2. The summed E-state index contributed by atoms with van der Waals surface area (Å²) in [6.45, 7) is 0.439. The monoisotopic (exact) mass is 361 g/mol. The molecule has 1 saturated carbocycles. The second-order valence-corrected chi connectivity index (χ2v) is 7.79. The van der Waals surface area contributed by atoms with Gasteiger partial charge in [-0.15, -0.1) is 0 Å². The highest BCUT2D eigenvalue weighted by molar-refractivity contribution is 7.89. The maximum atomic E-state index is 12.1. The number of rotatable bonds is 6. The number of nitrogens with one attached hydrogen (secondary N) is 2. The Morgan fingerprint density at radius 3 is 2.50 bits per heavy atom. The van der Waals surface area contributed by atoms with Crippen molar-refractivity contribution in [2.24, 2.45) is 0 Å². The fourth-order valence-electron chi connectivity index (χ4n) is 2.26. The minimum Gasteiger partial charge on any atom is -0.379 e. The van der Waals surface area contributed by atoms with E-state index >= 15 is 0 Å². The lowest BCUT2D eigenvalue weighted by Crippen LogP contribution is -2.25. The highest BCUT2D eigenvalue weighted by atomic mass is 35.5. The summed E-state index contributed by atoms with van der Waals surface area (Å²) >= 11 is 6.11. The van der Waals surface area contributed by atoms with Crippen LogP contribution in [0, 0.1) is 11.3 Å². The zero-order valence-corrected chi connectivity index (χ0v) is 14.4. The van der Waals surface area contributed by atoms with E-state index in [1.54, 1.807) is 42.5 Å². The van der Waals surface area contributed by atoms with Crippen molar-refractivity contribution in [3.63, 3.8) is 0 Å². The fourth-order valence-corrected chi connectivity index (χ4v) is 3.81. The molecule has 7 heteroatoms. The van der Waals surface area contributed by atoms with E-state index in [-0.39, 0.29) is 10.9 Å². The number of hydrogen-bond donors (Lipinski definition) is 2. The van der Waals surface area contributed by atoms with Gasteiger partial charge in [-0.2, -0.15) is 5.26 Å². The largest absolute Gasteiger partial charge is 0.379 e. The molecule has 0 radical (unpaired) electrons. The lowest BCUT2D eigenvalue weighted by Gasteiger charge is -2.11. The molecule has 124 valence electrons. The lowest BCUT2D eigenvalue weighted by atomic mass is 10.1. The Kier molecular flexibility index (Phi) is 4.76. The normalized spacial score (nSPS) is 14.2. The number of nitrogens with zero attached hydrogens (tertiary/aromatic N) is 1. The van der Waals surface area contributed by atoms with Gasteiger partial charge in [0.1, 0.15) is 6.07 Å². The molecule has 2 aromatic carbocycles. The Labute approximate surface area is 146 Å². The van der Waals surface area contributed by atoms with Crippen molar-refractivity contribution in [3.8, 4) is 6.07 Å². The first kappa shape index (κ1) is 16.8. The average molecular weight is 362 g/mol. The van der Waals surface area contributed by atoms with Gasteiger partial charge in [0.2, 0.25) is 10.0 Å². The Bertz CT molecular complexity index is 885. The molecule has 3 rings (SSSR count). The summed E-state index contributed by atoms with van der Waals surface area (Å²) in [5, 5.41) is 12.7. The Morgan fingerprint density at radius 1 is 1.17 bits per heavy atom. The van der Waals surface area contributed by atoms with Gasteiger partial charge in [0.05, 0.1) is 21.2 Å². The van der Waals surface area contributed by atoms with Gasteiger partial charge >= 0.3 is 0 Å². The van der Waals surface area contributed by atoms with Gasteiger partial charge in [0.25, 0.3) is 0 Å². The first-order chi connectivity index (χ1) is 11.5. The summed E-state index contributed by atoms with van der Waals surface area (Å²) in [5.41, 5.74) is 1.94. The van der Waals surface area contributed by atoms with Gasteiger partial charge in [0, 0.05) is 12.6 Å². The Hall–Kier alpha value is -2.07. The number of para-hydroxylation sites is 1. The predicted molar refractivity (Wildman–Crippen MR) is 93.3 cm³/mol. The highest BCUT2D eigenvalue weighted by Gasteiger charge is 2.27. The number of hydrogen-bond acceptors (Lipinski definition) is 4. The van der Waals surface area contributed by atoms with E-state index in [1.807, 2.05) is 0 Å². The van der Waals surface area contributed by atoms with Gasteiger partial charge in [-0.3, -0.25) is 0 Å². The van der Waals surface area contributed by atoms with E-state index in [0.29, 0.717) is 22.8 Å². The van der Waals surface area contributed by atoms with Crippen LogP contribution in [0.1, 0.15) is 24.0 Å². The molecule has 24 heavy (non-hydrogen) atoms. The molecule has 0 unspecified atom stereocenters. The quantitative estimate of drug-likeness (QED) is 0.827. The number of halogens is 1. The van der Waals surface area contributed by atoms with Crippen LogP contribution >= 0.6 is 11.6 Å². The number of nitriles is 1. The maximum absolute atomic E-state index is 12.1. The summed E-state index contributed by atoms with van der Waals surface area (Å²) in [5.74, 6) is 0. The van der Waals surface area contributed by atoms with Crippen molar-refractivity contribution in [3.05, 3.63) is 58.6 Å². The van der Waals surface area contributed by atoms with Crippen LogP contribution in [0.3, 0.4) is 0 Å². The van der Waals surface area contributed by atoms with Crippen molar-refractivity contribution >= 4 is 27.3 Å². The van der Waals surface area contributed by atoms with Crippen molar-refractivity contribution in [2.75, 3.05) is 5.32 Å². The molecule has 0 spiro atoms. The Morgan fingerprint density at radius 2 is 1.88 bits per heavy atom. The average Bonchev–Trinajstić information content (AvgIpc) is 3.37. The van der Waals surface area contributed by atoms with Gasteiger partial charge in [-0.1, -0.05) is 29.8 Å². The van der Waals surface area contributed by atoms with Crippen LogP contribution < -0.4 is 10.0 Å². The van der Waals surface area contributed by atoms with Gasteiger partial charge in [-0.05, 0) is 42.7 Å². The first-order valence-electron chi connectivity index (χ1n) is 7.53. The highest BCUT2D eigenvalue weighted by Crippen LogP contribution is 2.26. The summed E-state index contributed by atoms with van der Waals surface area (Å²) in [4.78, 5) is 0.258. The fraction of sp³-hybridized carbons (Fsp3) is 0.235. The third-order valence-electron chi connectivity index (χ3n) is 3.74. The second-order valence-electron chi connectivity index (χ2n) is 5.67. The molecule has 2 N–H and O–H groups in total. The van der Waals surface area contributed by atoms with E-state index in [9.17, 15) is 8.42 Å². The standard InChI is InChI=1S/C17H16ClN3O2S/c18-16-3-1-2-13(10-19)17(16)20-11-12-4-8-15(9-5-12)24(22,23)21-14-6-7-14/h1-5,8-9,14,20-21H,6-7,11H2. The minimum atomic E-state index is -3.43. The summed E-state index contributed by atoms with van der Waals surface area (Å²) < 4.78 is 26.9. The Balaban J connectivity index is 1.70. The third-order valence-corrected chi connectivity index (χ3v) is 5.59. The molecular weight excluding hydrogens is 346 g/mol. The van der Waals surface area contributed by atoms with Crippen LogP contribution in [0.5, 0.6) is 0 Å². The van der Waals surface area contributed by atoms with Crippen LogP contribution in [0.25, 0.3) is 0 Å². The van der Waals surface area contributed by atoms with Crippen LogP contribution in [0.15, 0.2) is 47.4 Å². The van der Waals surface area contributed by atoms with E-state index in [0.717, 1.165) is 18.4 Å². The second kappa shape index (κ2) is 6.81. The van der Waals surface area contributed by atoms with Crippen LogP contribution in [0.2, 0.25) is 5.02 Å². The van der Waals surface area contributed by atoms with Crippen molar-refractivity contribution < 1.29 is 8.42 Å². The molecule has 0 aromatic heterocycles. The molecule has 0 amide bonds. The topological polar surface area (TPSA) is 82.0 Å². The number of sulfonamides is 1. The van der Waals surface area contributed by atoms with Gasteiger partial charge in [-0.25, -0.2) is 13.1 Å². The molecule has 5 nitrogen and oxygen atoms in total. The molecule has 2 aromatic rings. The molecule has 1 aliphatic rings. The summed E-state index contributed by atoms with van der Waals surface area (Å²) in [6.07, 6.45) is 1.81. The van der Waals surface area contributed by atoms with Crippen LogP contribution in [-0.2, 0) is 16.6 Å². The molecule has 0 heterocycles. The summed E-state index contributed by atoms with van der Waals surface area (Å²) in [7, 11) is -3.43. The zero-order valence-electron chi connectivity index (χ0n) is 12.8. The molecule has 0 bridgehead atoms. The zero-order chi connectivity index (χ0) is 17.2. The van der Waals surface area contributed by atoms with E-state index in [2.05, 4.69) is 16.1 Å². The molecule has 0 atom stereocenters. The van der Waals surface area contributed by atoms with Gasteiger partial charge < -0.3 is 5.32 Å². The van der Waals surface area contributed by atoms with Crippen molar-refractivity contribution in [2.45, 2.75) is 30.3 Å². The van der Waals surface area contributed by atoms with E-state index < -0.39 is 10.0 Å². The molecule has 1 fully saturated rings. The van der Waals surface area contributed by atoms with Crippen LogP contribution in [0.4, 0.5) is 5.69 Å². The molecular formula is C17H16ClN3O2S. The SMILES string of the molecule is N#Cc1cccc(Cl)c1NCc1ccc(S(=O)(=O)NC2CC2)cc1. The van der Waals surface area contributed by atoms with Gasteiger partial charge in [0.15, 0.2) is 0 Å². The lowest BCUT2D eigenvalue weighted by molar-refractivity contribution is 0.581. The smallest absolute Gasteiger partial charge is 0.240 e. The minimum absolute atomic E-state index is 0.0842.